The van der Waals surface area contributed by atoms with Gasteiger partial charge in [0.25, 0.3) is 5.89 Å². The average Bonchev–Trinajstić information content (AvgIpc) is 3.14. The summed E-state index contributed by atoms with van der Waals surface area (Å²) in [5.41, 5.74) is -0.416. The number of nitrogens with zero attached hydrogens (tertiary/aromatic N) is 2. The van der Waals surface area contributed by atoms with Crippen LogP contribution in [0.15, 0.2) is 34.7 Å². The Kier molecular flexibility index (Phi) is 6.36. The highest BCUT2D eigenvalue weighted by Crippen LogP contribution is 2.34. The number of anilines is 3. The minimum absolute atomic E-state index is 0.0140. The Morgan fingerprint density at radius 1 is 1.11 bits per heavy atom. The van der Waals surface area contributed by atoms with E-state index < -0.39 is 30.2 Å². The van der Waals surface area contributed by atoms with E-state index in [9.17, 15) is 18.3 Å². The highest BCUT2D eigenvalue weighted by atomic mass is 127. The number of hydrogen-bond acceptors (Lipinski definition) is 7. The van der Waals surface area contributed by atoms with E-state index in [1.807, 2.05) is 22.6 Å². The molecule has 1 atom stereocenters. The van der Waals surface area contributed by atoms with Gasteiger partial charge in [0, 0.05) is 10.1 Å². The molecule has 3 aromatic rings. The van der Waals surface area contributed by atoms with Gasteiger partial charge in [0.1, 0.15) is 5.82 Å². The van der Waals surface area contributed by atoms with Gasteiger partial charge in [-0.25, -0.2) is 13.2 Å². The van der Waals surface area contributed by atoms with Crippen molar-refractivity contribution < 1.29 is 27.8 Å². The van der Waals surface area contributed by atoms with Crippen LogP contribution in [0.1, 0.15) is 0 Å². The van der Waals surface area contributed by atoms with Crippen LogP contribution in [0.3, 0.4) is 0 Å². The van der Waals surface area contributed by atoms with Gasteiger partial charge in [0.05, 0.1) is 29.6 Å². The smallest absolute Gasteiger partial charge is 0.315 e. The molecule has 0 aliphatic carbocycles. The summed E-state index contributed by atoms with van der Waals surface area (Å²) in [6.45, 7) is -0.526. The lowest BCUT2D eigenvalue weighted by Crippen LogP contribution is -2.23. The fourth-order valence-electron chi connectivity index (χ4n) is 2.25. The Hall–Kier alpha value is -2.38. The first kappa shape index (κ1) is 20.4. The summed E-state index contributed by atoms with van der Waals surface area (Å²) in [6.07, 6.45) is -1.04. The second-order valence-corrected chi connectivity index (χ2v) is 6.91. The molecule has 0 bridgehead atoms. The molecule has 28 heavy (non-hydrogen) atoms. The molecule has 0 amide bonds. The Bertz CT molecular complexity index is 986. The van der Waals surface area contributed by atoms with E-state index >= 15 is 0 Å². The molecule has 11 heteroatoms. The lowest BCUT2D eigenvalue weighted by molar-refractivity contribution is 0.105. The minimum Gasteiger partial charge on any atom is -0.403 e. The summed E-state index contributed by atoms with van der Waals surface area (Å²) in [5.74, 6) is -3.18. The largest absolute Gasteiger partial charge is 0.403 e. The van der Waals surface area contributed by atoms with Crippen molar-refractivity contribution in [1.82, 2.24) is 10.2 Å². The highest BCUT2D eigenvalue weighted by molar-refractivity contribution is 14.1. The maximum Gasteiger partial charge on any atom is 0.315 e. The maximum atomic E-state index is 14.4. The van der Waals surface area contributed by atoms with Gasteiger partial charge in [-0.2, -0.15) is 0 Å². The van der Waals surface area contributed by atoms with Crippen molar-refractivity contribution in [1.29, 1.82) is 0 Å². The molecule has 1 heterocycles. The van der Waals surface area contributed by atoms with E-state index in [2.05, 4.69) is 20.8 Å². The number of aliphatic hydroxyl groups excluding tert-OH is 2. The first-order chi connectivity index (χ1) is 13.4. The topological polar surface area (TPSA) is 103 Å². The molecule has 0 fully saturated rings. The van der Waals surface area contributed by atoms with Gasteiger partial charge in [-0.15, -0.1) is 5.10 Å². The SMILES string of the molecule is OCC(O)CNc1nnc(-c2ccc(F)c(F)c2Nc2ccc(I)cc2F)o1. The van der Waals surface area contributed by atoms with Crippen molar-refractivity contribution in [3.8, 4) is 11.5 Å². The minimum atomic E-state index is -1.24. The summed E-state index contributed by atoms with van der Waals surface area (Å²) in [4.78, 5) is 0. The van der Waals surface area contributed by atoms with Crippen LogP contribution in [0.25, 0.3) is 11.5 Å². The van der Waals surface area contributed by atoms with Gasteiger partial charge in [0.2, 0.25) is 0 Å². The van der Waals surface area contributed by atoms with Crippen molar-refractivity contribution >= 4 is 40.0 Å². The number of benzene rings is 2. The zero-order chi connectivity index (χ0) is 20.3. The van der Waals surface area contributed by atoms with Crippen molar-refractivity contribution in [3.63, 3.8) is 0 Å². The number of rotatable bonds is 7. The molecule has 0 aliphatic rings. The Balaban J connectivity index is 1.94. The van der Waals surface area contributed by atoms with Crippen molar-refractivity contribution in [3.05, 3.63) is 51.4 Å². The van der Waals surface area contributed by atoms with Crippen LogP contribution >= 0.6 is 22.6 Å². The molecule has 2 aromatic carbocycles. The third-order valence-electron chi connectivity index (χ3n) is 3.64. The molecule has 3 rings (SSSR count). The molecule has 0 saturated carbocycles. The Labute approximate surface area is 170 Å². The van der Waals surface area contributed by atoms with E-state index in [-0.39, 0.29) is 35.4 Å². The van der Waals surface area contributed by atoms with Crippen LogP contribution in [0.2, 0.25) is 0 Å². The lowest BCUT2D eigenvalue weighted by Gasteiger charge is -2.12. The van der Waals surface area contributed by atoms with Crippen LogP contribution in [0.5, 0.6) is 0 Å². The molecule has 0 radical (unpaired) electrons. The average molecular weight is 506 g/mol. The van der Waals surface area contributed by atoms with Crippen LogP contribution in [0.4, 0.5) is 30.6 Å². The first-order valence-electron chi connectivity index (χ1n) is 7.95. The fraction of sp³-hybridized carbons (Fsp3) is 0.176. The van der Waals surface area contributed by atoms with E-state index in [1.165, 1.54) is 18.2 Å². The third kappa shape index (κ3) is 4.54. The fourth-order valence-corrected chi connectivity index (χ4v) is 2.70. The highest BCUT2D eigenvalue weighted by Gasteiger charge is 2.20. The monoisotopic (exact) mass is 506 g/mol. The summed E-state index contributed by atoms with van der Waals surface area (Å²) < 4.78 is 48.3. The summed E-state index contributed by atoms with van der Waals surface area (Å²) in [7, 11) is 0. The molecule has 7 nitrogen and oxygen atoms in total. The third-order valence-corrected chi connectivity index (χ3v) is 4.31. The number of hydrogen-bond donors (Lipinski definition) is 4. The van der Waals surface area contributed by atoms with Gasteiger partial charge in [-0.1, -0.05) is 5.10 Å². The number of aliphatic hydroxyl groups is 2. The zero-order valence-electron chi connectivity index (χ0n) is 14.1. The van der Waals surface area contributed by atoms with Gasteiger partial charge < -0.3 is 25.3 Å². The zero-order valence-corrected chi connectivity index (χ0v) is 16.2. The molecule has 0 saturated heterocycles. The standard InChI is InChI=1S/C17H14F3IN4O3/c18-11-3-2-10(16-24-25-17(28-16)22-6-9(27)7-26)15(14(11)20)23-13-4-1-8(21)5-12(13)19/h1-5,9,23,26-27H,6-7H2,(H,22,25). The lowest BCUT2D eigenvalue weighted by atomic mass is 10.1. The quantitative estimate of drug-likeness (QED) is 0.365. The second-order valence-electron chi connectivity index (χ2n) is 5.66. The van der Waals surface area contributed by atoms with Gasteiger partial charge in [0.15, 0.2) is 11.6 Å². The molecule has 4 N–H and O–H groups in total. The molecule has 1 unspecified atom stereocenters. The Morgan fingerprint density at radius 3 is 2.61 bits per heavy atom. The molecule has 1 aromatic heterocycles. The molecular formula is C17H14F3IN4O3. The first-order valence-corrected chi connectivity index (χ1v) is 9.03. The van der Waals surface area contributed by atoms with E-state index in [4.69, 9.17) is 9.52 Å². The normalized spacial score (nSPS) is 12.1. The summed E-state index contributed by atoms with van der Waals surface area (Å²) >= 11 is 1.92. The second kappa shape index (κ2) is 8.75. The summed E-state index contributed by atoms with van der Waals surface area (Å²) in [5, 5.41) is 30.7. The van der Waals surface area contributed by atoms with E-state index in [1.54, 1.807) is 6.07 Å². The number of aromatic nitrogens is 2. The molecule has 0 aliphatic heterocycles. The van der Waals surface area contributed by atoms with Gasteiger partial charge in [-0.3, -0.25) is 0 Å². The number of halogens is 4. The van der Waals surface area contributed by atoms with E-state index in [0.29, 0.717) is 3.57 Å². The molecular weight excluding hydrogens is 492 g/mol. The van der Waals surface area contributed by atoms with Crippen LogP contribution in [-0.4, -0.2) is 39.7 Å². The Morgan fingerprint density at radius 2 is 1.89 bits per heavy atom. The number of nitrogens with one attached hydrogen (secondary N) is 2. The van der Waals surface area contributed by atoms with Gasteiger partial charge in [-0.05, 0) is 52.9 Å². The summed E-state index contributed by atoms with van der Waals surface area (Å²) in [6, 6.07) is 6.23. The van der Waals surface area contributed by atoms with Crippen molar-refractivity contribution in [2.45, 2.75) is 6.10 Å². The molecule has 0 spiro atoms. The maximum absolute atomic E-state index is 14.4. The van der Waals surface area contributed by atoms with Crippen molar-refractivity contribution in [2.75, 3.05) is 23.8 Å². The van der Waals surface area contributed by atoms with Crippen LogP contribution in [0, 0.1) is 21.0 Å². The van der Waals surface area contributed by atoms with Crippen LogP contribution in [-0.2, 0) is 0 Å². The van der Waals surface area contributed by atoms with Crippen LogP contribution < -0.4 is 10.6 Å². The predicted octanol–water partition coefficient (Wildman–Crippen LogP) is 3.27. The van der Waals surface area contributed by atoms with E-state index in [0.717, 1.165) is 6.07 Å². The van der Waals surface area contributed by atoms with Crippen molar-refractivity contribution in [2.24, 2.45) is 0 Å². The molecule has 148 valence electrons. The predicted molar refractivity (Wildman–Crippen MR) is 104 cm³/mol. The van der Waals surface area contributed by atoms with Gasteiger partial charge >= 0.3 is 6.01 Å².